The lowest BCUT2D eigenvalue weighted by molar-refractivity contribution is -0.144. The fraction of sp³-hybridized carbons (Fsp3) is 0.278. The molecule has 0 atom stereocenters. The third kappa shape index (κ3) is 4.95. The van der Waals surface area contributed by atoms with Crippen molar-refractivity contribution in [1.29, 1.82) is 0 Å². The van der Waals surface area contributed by atoms with E-state index in [1.54, 1.807) is 0 Å². The lowest BCUT2D eigenvalue weighted by atomic mass is 10.2. The molecule has 0 bridgehead atoms. The van der Waals surface area contributed by atoms with Gasteiger partial charge in [-0.05, 0) is 12.1 Å². The average Bonchev–Trinajstić information content (AvgIpc) is 3.04. The minimum atomic E-state index is -4.99. The average molecular weight is 509 g/mol. The first-order valence-electron chi connectivity index (χ1n) is 8.94. The molecular weight excluding hydrogens is 496 g/mol. The second-order valence-corrected chi connectivity index (χ2v) is 8.02. The van der Waals surface area contributed by atoms with E-state index in [4.69, 9.17) is 16.7 Å². The standard InChI is InChI=1S/C18H13ClF4N4O5S/c1-25-12(18(21,22)23)6-13(28)27(17(25)32)11-5-10(8(19)4-9(11)20)24-16-26(3-2-15(30)31)14(29)7-33-16/h4-6H,2-3,7H2,1H3,(H,30,31). The number of nitrogens with zero attached hydrogens (tertiary/aromatic N) is 4. The Kier molecular flexibility index (Phi) is 6.70. The van der Waals surface area contributed by atoms with Crippen molar-refractivity contribution in [1.82, 2.24) is 14.0 Å². The van der Waals surface area contributed by atoms with Crippen LogP contribution in [0.15, 0.2) is 32.8 Å². The van der Waals surface area contributed by atoms with Gasteiger partial charge in [0.2, 0.25) is 5.91 Å². The maximum atomic E-state index is 14.6. The molecule has 0 saturated carbocycles. The summed E-state index contributed by atoms with van der Waals surface area (Å²) in [4.78, 5) is 52.8. The van der Waals surface area contributed by atoms with Crippen molar-refractivity contribution in [3.05, 3.63) is 55.6 Å². The van der Waals surface area contributed by atoms with Crippen molar-refractivity contribution in [2.45, 2.75) is 12.6 Å². The number of halogens is 5. The molecule has 0 radical (unpaired) electrons. The van der Waals surface area contributed by atoms with E-state index in [0.29, 0.717) is 6.07 Å². The van der Waals surface area contributed by atoms with E-state index in [-0.39, 0.29) is 49.8 Å². The summed E-state index contributed by atoms with van der Waals surface area (Å²) in [5.74, 6) is -2.80. The number of hydrogen-bond acceptors (Lipinski definition) is 6. The lowest BCUT2D eigenvalue weighted by Crippen LogP contribution is -2.41. The van der Waals surface area contributed by atoms with Crippen LogP contribution >= 0.6 is 23.4 Å². The predicted molar refractivity (Wildman–Crippen MR) is 111 cm³/mol. The van der Waals surface area contributed by atoms with Crippen LogP contribution in [0.2, 0.25) is 5.02 Å². The van der Waals surface area contributed by atoms with Crippen LogP contribution in [0.3, 0.4) is 0 Å². The van der Waals surface area contributed by atoms with E-state index in [1.807, 2.05) is 0 Å². The number of aliphatic imine (C=N–C) groups is 1. The molecule has 1 aliphatic rings. The van der Waals surface area contributed by atoms with Crippen molar-refractivity contribution >= 4 is 46.1 Å². The van der Waals surface area contributed by atoms with Crippen molar-refractivity contribution in [2.24, 2.45) is 12.0 Å². The van der Waals surface area contributed by atoms with Crippen molar-refractivity contribution in [3.8, 4) is 5.69 Å². The Bertz CT molecular complexity index is 1300. The molecule has 1 fully saturated rings. The van der Waals surface area contributed by atoms with Gasteiger partial charge in [-0.1, -0.05) is 23.4 Å². The molecule has 0 spiro atoms. The number of carboxylic acid groups (broad SMARTS) is 1. The zero-order valence-electron chi connectivity index (χ0n) is 16.5. The van der Waals surface area contributed by atoms with Gasteiger partial charge in [-0.2, -0.15) is 13.2 Å². The van der Waals surface area contributed by atoms with Crippen LogP contribution in [0.5, 0.6) is 0 Å². The SMILES string of the molecule is Cn1c(C(F)(F)F)cc(=O)n(-c2cc(N=C3SCC(=O)N3CCC(=O)O)c(Cl)cc2F)c1=O. The number of aliphatic carboxylic acids is 1. The van der Waals surface area contributed by atoms with Gasteiger partial charge in [0.1, 0.15) is 11.5 Å². The number of rotatable bonds is 5. The Morgan fingerprint density at radius 2 is 1.91 bits per heavy atom. The molecule has 1 saturated heterocycles. The van der Waals surface area contributed by atoms with Crippen LogP contribution in [0, 0.1) is 5.82 Å². The molecule has 9 nitrogen and oxygen atoms in total. The van der Waals surface area contributed by atoms with Crippen LogP contribution in [-0.4, -0.2) is 48.5 Å². The number of carbonyl (C=O) groups excluding carboxylic acids is 1. The van der Waals surface area contributed by atoms with Gasteiger partial charge in [0, 0.05) is 19.7 Å². The number of amidine groups is 1. The molecule has 3 rings (SSSR count). The molecule has 1 aliphatic heterocycles. The fourth-order valence-corrected chi connectivity index (χ4v) is 4.03. The topological polar surface area (TPSA) is 114 Å². The largest absolute Gasteiger partial charge is 0.481 e. The Labute approximate surface area is 190 Å². The normalized spacial score (nSPS) is 15.5. The van der Waals surface area contributed by atoms with Crippen LogP contribution in [-0.2, 0) is 22.8 Å². The Balaban J connectivity index is 2.14. The zero-order chi connectivity index (χ0) is 24.7. The van der Waals surface area contributed by atoms with Gasteiger partial charge in [0.15, 0.2) is 5.17 Å². The van der Waals surface area contributed by atoms with E-state index in [1.165, 1.54) is 0 Å². The molecule has 2 heterocycles. The van der Waals surface area contributed by atoms with E-state index in [0.717, 1.165) is 29.8 Å². The number of carbonyl (C=O) groups is 2. The molecule has 176 valence electrons. The van der Waals surface area contributed by atoms with E-state index < -0.39 is 46.5 Å². The summed E-state index contributed by atoms with van der Waals surface area (Å²) in [6, 6.07) is 1.74. The van der Waals surface area contributed by atoms with E-state index in [2.05, 4.69) is 4.99 Å². The summed E-state index contributed by atoms with van der Waals surface area (Å²) in [5, 5.41) is 8.61. The van der Waals surface area contributed by atoms with Gasteiger partial charge in [-0.15, -0.1) is 0 Å². The number of carboxylic acids is 1. The summed E-state index contributed by atoms with van der Waals surface area (Å²) in [7, 11) is 0.775. The molecule has 1 aromatic heterocycles. The van der Waals surface area contributed by atoms with Gasteiger partial charge in [-0.25, -0.2) is 18.7 Å². The van der Waals surface area contributed by atoms with Gasteiger partial charge in [-0.3, -0.25) is 23.9 Å². The first-order chi connectivity index (χ1) is 15.3. The van der Waals surface area contributed by atoms with Gasteiger partial charge < -0.3 is 5.11 Å². The highest BCUT2D eigenvalue weighted by Crippen LogP contribution is 2.33. The minimum absolute atomic E-state index is 0.0387. The molecule has 1 N–H and O–H groups in total. The zero-order valence-corrected chi connectivity index (χ0v) is 18.1. The Morgan fingerprint density at radius 3 is 2.52 bits per heavy atom. The van der Waals surface area contributed by atoms with Crippen LogP contribution < -0.4 is 11.2 Å². The molecule has 1 amide bonds. The van der Waals surface area contributed by atoms with Gasteiger partial charge in [0.25, 0.3) is 5.56 Å². The first kappa shape index (κ1) is 24.5. The molecule has 33 heavy (non-hydrogen) atoms. The second-order valence-electron chi connectivity index (χ2n) is 6.67. The molecule has 15 heteroatoms. The third-order valence-corrected chi connectivity index (χ3v) is 5.75. The predicted octanol–water partition coefficient (Wildman–Crippen LogP) is 2.39. The smallest absolute Gasteiger partial charge is 0.431 e. The molecular formula is C18H13ClF4N4O5S. The van der Waals surface area contributed by atoms with E-state index >= 15 is 0 Å². The number of benzene rings is 1. The molecule has 0 aliphatic carbocycles. The highest BCUT2D eigenvalue weighted by Gasteiger charge is 2.35. The summed E-state index contributed by atoms with van der Waals surface area (Å²) in [6.45, 7) is -0.190. The van der Waals surface area contributed by atoms with Crippen molar-refractivity contribution < 1.29 is 32.3 Å². The number of hydrogen-bond donors (Lipinski definition) is 1. The highest BCUT2D eigenvalue weighted by atomic mass is 35.5. The van der Waals surface area contributed by atoms with Crippen molar-refractivity contribution in [3.63, 3.8) is 0 Å². The maximum Gasteiger partial charge on any atom is 0.431 e. The van der Waals surface area contributed by atoms with Gasteiger partial charge in [0.05, 0.1) is 28.6 Å². The van der Waals surface area contributed by atoms with Crippen LogP contribution in [0.4, 0.5) is 23.2 Å². The van der Waals surface area contributed by atoms with Crippen LogP contribution in [0.25, 0.3) is 5.69 Å². The molecule has 1 aromatic carbocycles. The minimum Gasteiger partial charge on any atom is -0.481 e. The quantitative estimate of drug-likeness (QED) is 0.620. The highest BCUT2D eigenvalue weighted by molar-refractivity contribution is 8.15. The second kappa shape index (κ2) is 9.02. The third-order valence-electron chi connectivity index (χ3n) is 4.49. The molecule has 0 unspecified atom stereocenters. The van der Waals surface area contributed by atoms with E-state index in [9.17, 15) is 36.7 Å². The Morgan fingerprint density at radius 1 is 1.24 bits per heavy atom. The summed E-state index contributed by atoms with van der Waals surface area (Å²) in [6.07, 6.45) is -5.36. The fourth-order valence-electron chi connectivity index (χ4n) is 2.92. The number of alkyl halides is 3. The lowest BCUT2D eigenvalue weighted by Gasteiger charge is -2.16. The maximum absolute atomic E-state index is 14.6. The monoisotopic (exact) mass is 508 g/mol. The van der Waals surface area contributed by atoms with Crippen LogP contribution in [0.1, 0.15) is 12.1 Å². The number of thioether (sulfide) groups is 1. The van der Waals surface area contributed by atoms with Crippen molar-refractivity contribution in [2.75, 3.05) is 12.3 Å². The number of amides is 1. The number of aromatic nitrogens is 2. The summed E-state index contributed by atoms with van der Waals surface area (Å²) in [5.41, 5.74) is -5.30. The molecule has 2 aromatic rings. The summed E-state index contributed by atoms with van der Waals surface area (Å²) < 4.78 is 54.1. The first-order valence-corrected chi connectivity index (χ1v) is 10.3. The summed E-state index contributed by atoms with van der Waals surface area (Å²) >= 11 is 6.96. The Hall–Kier alpha value is -3.13. The van der Waals surface area contributed by atoms with Gasteiger partial charge >= 0.3 is 17.8 Å².